The van der Waals surface area contributed by atoms with Gasteiger partial charge in [-0.15, -0.1) is 13.2 Å². The van der Waals surface area contributed by atoms with Crippen LogP contribution in [0.3, 0.4) is 0 Å². The average Bonchev–Trinajstić information content (AvgIpc) is 2.94. The highest BCUT2D eigenvalue weighted by molar-refractivity contribution is 6.11. The van der Waals surface area contributed by atoms with Crippen LogP contribution in [0.15, 0.2) is 54.9 Å². The second kappa shape index (κ2) is 12.9. The van der Waals surface area contributed by atoms with E-state index in [0.29, 0.717) is 48.5 Å². The van der Waals surface area contributed by atoms with Gasteiger partial charge in [0.15, 0.2) is 0 Å². The largest absolute Gasteiger partial charge is 0.573 e. The van der Waals surface area contributed by atoms with Crippen molar-refractivity contribution in [2.75, 3.05) is 25.0 Å². The number of nitrogens with zero attached hydrogens (tertiary/aromatic N) is 3. The molecule has 0 saturated heterocycles. The molecule has 41 heavy (non-hydrogen) atoms. The van der Waals surface area contributed by atoms with Crippen molar-refractivity contribution in [2.45, 2.75) is 25.7 Å². The highest BCUT2D eigenvalue weighted by Gasteiger charge is 2.32. The lowest BCUT2D eigenvalue weighted by Gasteiger charge is -2.12. The van der Waals surface area contributed by atoms with Crippen molar-refractivity contribution in [3.8, 4) is 11.8 Å². The Morgan fingerprint density at radius 2 is 1.85 bits per heavy atom. The molecule has 0 bridgehead atoms. The average molecular weight is 566 g/mol. The number of rotatable bonds is 12. The van der Waals surface area contributed by atoms with E-state index in [2.05, 4.69) is 30.7 Å². The van der Waals surface area contributed by atoms with Gasteiger partial charge in [0.25, 0.3) is 0 Å². The predicted molar refractivity (Wildman–Crippen MR) is 146 cm³/mol. The SMILES string of the molecule is N#Cc1cc(CNCCC(=O)NCCCNc2nc3cc(C(N)=O)ccc3c3cnccc23)ccc1OC(F)(F)F. The molecule has 4 aromatic rings. The number of hydrogen-bond donors (Lipinski definition) is 4. The molecule has 0 unspecified atom stereocenters. The number of halogens is 3. The maximum atomic E-state index is 12.4. The zero-order valence-corrected chi connectivity index (χ0v) is 21.7. The molecule has 4 rings (SSSR count). The van der Waals surface area contributed by atoms with E-state index in [9.17, 15) is 22.8 Å². The first-order valence-electron chi connectivity index (χ1n) is 12.6. The van der Waals surface area contributed by atoms with Crippen LogP contribution in [0.2, 0.25) is 0 Å². The van der Waals surface area contributed by atoms with Crippen LogP contribution in [0.4, 0.5) is 19.0 Å². The fourth-order valence-electron chi connectivity index (χ4n) is 4.17. The lowest BCUT2D eigenvalue weighted by atomic mass is 10.1. The molecule has 0 saturated carbocycles. The van der Waals surface area contributed by atoms with Crippen LogP contribution in [-0.2, 0) is 11.3 Å². The van der Waals surface area contributed by atoms with E-state index in [-0.39, 0.29) is 24.4 Å². The van der Waals surface area contributed by atoms with E-state index in [4.69, 9.17) is 11.0 Å². The Balaban J connectivity index is 1.21. The third-order valence-electron chi connectivity index (χ3n) is 6.10. The first kappa shape index (κ1) is 29.0. The summed E-state index contributed by atoms with van der Waals surface area (Å²) in [6, 6.07) is 12.5. The van der Waals surface area contributed by atoms with Crippen molar-refractivity contribution < 1.29 is 27.5 Å². The van der Waals surface area contributed by atoms with Gasteiger partial charge in [0.05, 0.1) is 11.1 Å². The number of aromatic nitrogens is 2. The molecule has 2 heterocycles. The molecule has 0 fully saturated rings. The number of nitrogens with one attached hydrogen (secondary N) is 3. The number of nitrogens with two attached hydrogens (primary N) is 1. The number of alkyl halides is 3. The Bertz CT molecular complexity index is 1620. The van der Waals surface area contributed by atoms with Crippen LogP contribution in [0.25, 0.3) is 21.7 Å². The molecule has 10 nitrogen and oxygen atoms in total. The third-order valence-corrected chi connectivity index (χ3v) is 6.10. The maximum absolute atomic E-state index is 12.4. The number of pyridine rings is 2. The second-order valence-corrected chi connectivity index (χ2v) is 9.03. The van der Waals surface area contributed by atoms with Crippen molar-refractivity contribution >= 4 is 39.3 Å². The first-order valence-corrected chi connectivity index (χ1v) is 12.6. The van der Waals surface area contributed by atoms with Gasteiger partial charge in [0, 0.05) is 66.7 Å². The van der Waals surface area contributed by atoms with Crippen LogP contribution in [0, 0.1) is 11.3 Å². The summed E-state index contributed by atoms with van der Waals surface area (Å²) >= 11 is 0. The van der Waals surface area contributed by atoms with Gasteiger partial charge < -0.3 is 26.4 Å². The summed E-state index contributed by atoms with van der Waals surface area (Å²) in [7, 11) is 0. The number of primary amides is 1. The Kier molecular flexibility index (Phi) is 9.15. The molecule has 0 aliphatic carbocycles. The summed E-state index contributed by atoms with van der Waals surface area (Å²) in [5.74, 6) is -0.633. The fraction of sp³-hybridized carbons (Fsp3) is 0.250. The van der Waals surface area contributed by atoms with E-state index >= 15 is 0 Å². The zero-order valence-electron chi connectivity index (χ0n) is 21.7. The number of ether oxygens (including phenoxy) is 1. The maximum Gasteiger partial charge on any atom is 0.573 e. The minimum Gasteiger partial charge on any atom is -0.404 e. The van der Waals surface area contributed by atoms with Gasteiger partial charge in [-0.1, -0.05) is 12.1 Å². The van der Waals surface area contributed by atoms with Crippen LogP contribution < -0.4 is 26.4 Å². The number of carbonyl (C=O) groups is 2. The quantitative estimate of drug-likeness (QED) is 0.150. The minimum atomic E-state index is -4.88. The van der Waals surface area contributed by atoms with E-state index in [0.717, 1.165) is 22.2 Å². The Labute approximate surface area is 232 Å². The van der Waals surface area contributed by atoms with Crippen molar-refractivity contribution in [2.24, 2.45) is 5.73 Å². The summed E-state index contributed by atoms with van der Waals surface area (Å²) in [6.07, 6.45) is -0.655. The molecule has 0 spiro atoms. The van der Waals surface area contributed by atoms with Crippen LogP contribution in [0.1, 0.15) is 34.3 Å². The minimum absolute atomic E-state index is 0.163. The number of anilines is 1. The van der Waals surface area contributed by atoms with Gasteiger partial charge in [0.1, 0.15) is 17.6 Å². The molecule has 5 N–H and O–H groups in total. The summed E-state index contributed by atoms with van der Waals surface area (Å²) in [5.41, 5.74) is 6.73. The molecule has 13 heteroatoms. The van der Waals surface area contributed by atoms with E-state index in [1.54, 1.807) is 36.7 Å². The monoisotopic (exact) mass is 565 g/mol. The van der Waals surface area contributed by atoms with Crippen molar-refractivity contribution in [3.63, 3.8) is 0 Å². The van der Waals surface area contributed by atoms with Crippen molar-refractivity contribution in [1.29, 1.82) is 5.26 Å². The summed E-state index contributed by atoms with van der Waals surface area (Å²) in [6.45, 7) is 1.55. The standard InChI is InChI=1S/C28H26F3N7O3/c29-28(30,31)41-24-5-2-17(12-19(24)14-32)15-34-11-7-25(39)36-8-1-9-37-27-21-6-10-35-16-22(21)20-4-3-18(26(33)40)13-23(20)38-27/h2-6,10,12-13,16,34H,1,7-9,11,15H2,(H2,33,40)(H,36,39)(H,37,38). The van der Waals surface area contributed by atoms with E-state index in [1.807, 2.05) is 6.07 Å². The Morgan fingerprint density at radius 3 is 2.61 bits per heavy atom. The molecule has 2 aromatic carbocycles. The van der Waals surface area contributed by atoms with Crippen LogP contribution in [-0.4, -0.2) is 47.8 Å². The highest BCUT2D eigenvalue weighted by Crippen LogP contribution is 2.29. The molecular formula is C28H26F3N7O3. The summed E-state index contributed by atoms with van der Waals surface area (Å²) in [4.78, 5) is 32.6. The number of hydrogen-bond acceptors (Lipinski definition) is 8. The predicted octanol–water partition coefficient (Wildman–Crippen LogP) is 3.75. The third kappa shape index (κ3) is 7.80. The fourth-order valence-corrected chi connectivity index (χ4v) is 4.17. The van der Waals surface area contributed by atoms with Crippen LogP contribution >= 0.6 is 0 Å². The van der Waals surface area contributed by atoms with Crippen molar-refractivity contribution in [3.05, 3.63) is 71.5 Å². The lowest BCUT2D eigenvalue weighted by Crippen LogP contribution is -2.29. The molecule has 212 valence electrons. The second-order valence-electron chi connectivity index (χ2n) is 9.03. The number of carbonyl (C=O) groups excluding carboxylic acids is 2. The summed E-state index contributed by atoms with van der Waals surface area (Å²) < 4.78 is 41.1. The van der Waals surface area contributed by atoms with Gasteiger partial charge in [0.2, 0.25) is 11.8 Å². The van der Waals surface area contributed by atoms with Gasteiger partial charge in [-0.25, -0.2) is 4.98 Å². The van der Waals surface area contributed by atoms with E-state index < -0.39 is 18.0 Å². The number of fused-ring (bicyclic) bond motifs is 3. The zero-order chi connectivity index (χ0) is 29.4. The first-order chi connectivity index (χ1) is 19.6. The molecule has 2 aromatic heterocycles. The summed E-state index contributed by atoms with van der Waals surface area (Å²) in [5, 5.41) is 20.8. The number of nitriles is 1. The smallest absolute Gasteiger partial charge is 0.404 e. The molecule has 0 atom stereocenters. The Hall–Kier alpha value is -4.96. The molecular weight excluding hydrogens is 539 g/mol. The van der Waals surface area contributed by atoms with Gasteiger partial charge in [-0.2, -0.15) is 5.26 Å². The van der Waals surface area contributed by atoms with Gasteiger partial charge >= 0.3 is 6.36 Å². The highest BCUT2D eigenvalue weighted by atomic mass is 19.4. The molecule has 0 radical (unpaired) electrons. The van der Waals surface area contributed by atoms with E-state index in [1.165, 1.54) is 12.1 Å². The van der Waals surface area contributed by atoms with Gasteiger partial charge in [-0.05, 0) is 42.3 Å². The number of amides is 2. The normalized spacial score (nSPS) is 11.3. The lowest BCUT2D eigenvalue weighted by molar-refractivity contribution is -0.274. The molecule has 0 aliphatic rings. The van der Waals surface area contributed by atoms with Crippen molar-refractivity contribution in [1.82, 2.24) is 20.6 Å². The molecule has 0 aliphatic heterocycles. The molecule has 2 amide bonds. The Morgan fingerprint density at radius 1 is 1.02 bits per heavy atom. The van der Waals surface area contributed by atoms with Crippen LogP contribution in [0.5, 0.6) is 5.75 Å². The van der Waals surface area contributed by atoms with Gasteiger partial charge in [-0.3, -0.25) is 14.6 Å². The topological polar surface area (TPSA) is 155 Å². The number of benzene rings is 2.